The Hall–Kier alpha value is -3.18. The van der Waals surface area contributed by atoms with Gasteiger partial charge in [-0.05, 0) is 48.4 Å². The summed E-state index contributed by atoms with van der Waals surface area (Å²) in [5.74, 6) is -0.513. The minimum absolute atomic E-state index is 0.271. The second-order valence-corrected chi connectivity index (χ2v) is 6.92. The molecule has 1 N–H and O–H groups in total. The number of nitrogens with one attached hydrogen (secondary N) is 1. The zero-order chi connectivity index (χ0) is 19.8. The Balaban J connectivity index is 1.76. The number of hydrogen-bond acceptors (Lipinski definition) is 3. The van der Waals surface area contributed by atoms with Gasteiger partial charge in [-0.3, -0.25) is 4.79 Å². The first kappa shape index (κ1) is 18.2. The zero-order valence-electron chi connectivity index (χ0n) is 15.2. The van der Waals surface area contributed by atoms with Crippen LogP contribution in [0.4, 0.5) is 4.39 Å². The van der Waals surface area contributed by atoms with Gasteiger partial charge in [-0.25, -0.2) is 9.37 Å². The van der Waals surface area contributed by atoms with Crippen LogP contribution in [0.15, 0.2) is 54.7 Å². The van der Waals surface area contributed by atoms with Crippen LogP contribution in [0.25, 0.3) is 33.3 Å². The molecule has 0 aliphatic heterocycles. The number of H-pyrrole nitrogens is 1. The molecule has 140 valence electrons. The molecule has 0 bridgehead atoms. The highest BCUT2D eigenvalue weighted by atomic mass is 35.5. The van der Waals surface area contributed by atoms with Crippen LogP contribution in [0.3, 0.4) is 0 Å². The van der Waals surface area contributed by atoms with Crippen molar-refractivity contribution in [3.63, 3.8) is 0 Å². The summed E-state index contributed by atoms with van der Waals surface area (Å²) >= 11 is 6.19. The van der Waals surface area contributed by atoms with E-state index in [0.717, 1.165) is 27.6 Å². The summed E-state index contributed by atoms with van der Waals surface area (Å²) in [5.41, 5.74) is 4.65. The number of esters is 1. The number of aromatic nitrogens is 2. The number of halogens is 2. The average molecular weight is 395 g/mol. The van der Waals surface area contributed by atoms with E-state index in [0.29, 0.717) is 16.3 Å². The van der Waals surface area contributed by atoms with Gasteiger partial charge in [-0.1, -0.05) is 23.7 Å². The molecule has 0 saturated heterocycles. The van der Waals surface area contributed by atoms with Crippen molar-refractivity contribution >= 4 is 28.5 Å². The Morgan fingerprint density at radius 1 is 1.18 bits per heavy atom. The van der Waals surface area contributed by atoms with E-state index in [1.807, 2.05) is 31.2 Å². The number of benzene rings is 2. The van der Waals surface area contributed by atoms with E-state index in [4.69, 9.17) is 16.3 Å². The van der Waals surface area contributed by atoms with Gasteiger partial charge < -0.3 is 9.72 Å². The Morgan fingerprint density at radius 3 is 2.71 bits per heavy atom. The highest BCUT2D eigenvalue weighted by molar-refractivity contribution is 6.33. The lowest BCUT2D eigenvalue weighted by Gasteiger charge is -2.08. The van der Waals surface area contributed by atoms with Crippen molar-refractivity contribution in [2.45, 2.75) is 13.8 Å². The predicted octanol–water partition coefficient (Wildman–Crippen LogP) is 5.92. The van der Waals surface area contributed by atoms with Crippen LogP contribution in [0.2, 0.25) is 5.02 Å². The summed E-state index contributed by atoms with van der Waals surface area (Å²) in [7, 11) is 0. The summed E-state index contributed by atoms with van der Waals surface area (Å²) in [6.45, 7) is 3.26. The number of nitrogens with zero attached hydrogens (tertiary/aromatic N) is 1. The standard InChI is InChI=1S/C22H16ClFN2O2/c1-12-8-21(28-13(2)27)25-11-16(12)14-6-7-19-15(9-14)10-20(26-19)22-17(23)4-3-5-18(22)24/h3-11,26H,1-2H3. The van der Waals surface area contributed by atoms with E-state index in [2.05, 4.69) is 9.97 Å². The van der Waals surface area contributed by atoms with Gasteiger partial charge in [0.25, 0.3) is 0 Å². The molecule has 0 aliphatic carbocycles. The second kappa shape index (κ2) is 7.09. The molecule has 0 saturated carbocycles. The van der Waals surface area contributed by atoms with Gasteiger partial charge in [0, 0.05) is 35.7 Å². The summed E-state index contributed by atoms with van der Waals surface area (Å²) in [4.78, 5) is 18.5. The van der Waals surface area contributed by atoms with E-state index < -0.39 is 5.97 Å². The summed E-state index contributed by atoms with van der Waals surface area (Å²) < 4.78 is 19.3. The maximum absolute atomic E-state index is 14.2. The second-order valence-electron chi connectivity index (χ2n) is 6.51. The molecule has 4 aromatic rings. The van der Waals surface area contributed by atoms with Crippen LogP contribution in [0.5, 0.6) is 5.88 Å². The van der Waals surface area contributed by atoms with Gasteiger partial charge in [0.1, 0.15) is 5.82 Å². The van der Waals surface area contributed by atoms with Gasteiger partial charge in [0.15, 0.2) is 0 Å². The number of aryl methyl sites for hydroxylation is 1. The number of hydrogen-bond donors (Lipinski definition) is 1. The van der Waals surface area contributed by atoms with E-state index in [1.54, 1.807) is 24.4 Å². The minimum Gasteiger partial charge on any atom is -0.408 e. The maximum Gasteiger partial charge on any atom is 0.309 e. The summed E-state index contributed by atoms with van der Waals surface area (Å²) in [6.07, 6.45) is 1.68. The Bertz CT molecular complexity index is 1200. The first-order chi connectivity index (χ1) is 13.4. The van der Waals surface area contributed by atoms with Crippen LogP contribution < -0.4 is 4.74 Å². The fourth-order valence-electron chi connectivity index (χ4n) is 3.23. The molecular weight excluding hydrogens is 379 g/mol. The van der Waals surface area contributed by atoms with Crippen molar-refractivity contribution in [3.05, 3.63) is 71.1 Å². The predicted molar refractivity (Wildman–Crippen MR) is 108 cm³/mol. The molecule has 4 nitrogen and oxygen atoms in total. The normalized spacial score (nSPS) is 11.0. The number of carbonyl (C=O) groups excluding carboxylic acids is 1. The lowest BCUT2D eigenvalue weighted by molar-refractivity contribution is -0.132. The van der Waals surface area contributed by atoms with Crippen molar-refractivity contribution in [2.75, 3.05) is 0 Å². The smallest absolute Gasteiger partial charge is 0.309 e. The molecule has 6 heteroatoms. The molecule has 0 atom stereocenters. The molecule has 0 aliphatic rings. The molecule has 0 amide bonds. The van der Waals surface area contributed by atoms with Gasteiger partial charge in [-0.2, -0.15) is 0 Å². The van der Waals surface area contributed by atoms with Crippen molar-refractivity contribution < 1.29 is 13.9 Å². The zero-order valence-corrected chi connectivity index (χ0v) is 16.0. The van der Waals surface area contributed by atoms with Gasteiger partial charge >= 0.3 is 5.97 Å². The molecular formula is C22H16ClFN2O2. The van der Waals surface area contributed by atoms with E-state index >= 15 is 0 Å². The summed E-state index contributed by atoms with van der Waals surface area (Å²) in [5, 5.41) is 1.28. The molecule has 0 radical (unpaired) electrons. The molecule has 2 aromatic heterocycles. The first-order valence-corrected chi connectivity index (χ1v) is 9.03. The molecule has 0 fully saturated rings. The molecule has 28 heavy (non-hydrogen) atoms. The topological polar surface area (TPSA) is 55.0 Å². The largest absolute Gasteiger partial charge is 0.408 e. The number of ether oxygens (including phenoxy) is 1. The highest BCUT2D eigenvalue weighted by Gasteiger charge is 2.13. The Labute approximate surface area is 165 Å². The number of rotatable bonds is 3. The fourth-order valence-corrected chi connectivity index (χ4v) is 3.49. The third kappa shape index (κ3) is 3.37. The molecule has 2 aromatic carbocycles. The fraction of sp³-hybridized carbons (Fsp3) is 0.0909. The van der Waals surface area contributed by atoms with E-state index in [-0.39, 0.29) is 11.7 Å². The van der Waals surface area contributed by atoms with Crippen LogP contribution in [0.1, 0.15) is 12.5 Å². The van der Waals surface area contributed by atoms with Crippen molar-refractivity contribution in [1.29, 1.82) is 0 Å². The SMILES string of the molecule is CC(=O)Oc1cc(C)c(-c2ccc3[nH]c(-c4c(F)cccc4Cl)cc3c2)cn1. The van der Waals surface area contributed by atoms with Crippen molar-refractivity contribution in [1.82, 2.24) is 9.97 Å². The molecule has 2 heterocycles. The number of carbonyl (C=O) groups is 1. The monoisotopic (exact) mass is 394 g/mol. The Morgan fingerprint density at radius 2 is 2.00 bits per heavy atom. The maximum atomic E-state index is 14.2. The Kier molecular flexibility index (Phi) is 4.61. The van der Waals surface area contributed by atoms with Crippen LogP contribution in [0, 0.1) is 12.7 Å². The van der Waals surface area contributed by atoms with Gasteiger partial charge in [0.05, 0.1) is 16.3 Å². The van der Waals surface area contributed by atoms with Gasteiger partial charge in [0.2, 0.25) is 5.88 Å². The molecule has 4 rings (SSSR count). The lowest BCUT2D eigenvalue weighted by Crippen LogP contribution is -2.03. The third-order valence-electron chi connectivity index (χ3n) is 4.50. The quantitative estimate of drug-likeness (QED) is 0.438. The van der Waals surface area contributed by atoms with E-state index in [9.17, 15) is 9.18 Å². The molecule has 0 spiro atoms. The number of fused-ring (bicyclic) bond motifs is 1. The van der Waals surface area contributed by atoms with Gasteiger partial charge in [-0.15, -0.1) is 0 Å². The summed E-state index contributed by atoms with van der Waals surface area (Å²) in [6, 6.07) is 14.1. The minimum atomic E-state index is -0.410. The highest BCUT2D eigenvalue weighted by Crippen LogP contribution is 2.34. The lowest BCUT2D eigenvalue weighted by atomic mass is 10.0. The first-order valence-electron chi connectivity index (χ1n) is 8.65. The van der Waals surface area contributed by atoms with Crippen LogP contribution in [-0.2, 0) is 4.79 Å². The van der Waals surface area contributed by atoms with Crippen LogP contribution >= 0.6 is 11.6 Å². The average Bonchev–Trinajstić information content (AvgIpc) is 3.03. The van der Waals surface area contributed by atoms with E-state index in [1.165, 1.54) is 13.0 Å². The molecule has 0 unspecified atom stereocenters. The van der Waals surface area contributed by atoms with Crippen molar-refractivity contribution in [2.24, 2.45) is 0 Å². The van der Waals surface area contributed by atoms with Crippen molar-refractivity contribution in [3.8, 4) is 28.3 Å². The number of pyridine rings is 1. The number of aromatic amines is 1. The van der Waals surface area contributed by atoms with Crippen LogP contribution in [-0.4, -0.2) is 15.9 Å². The third-order valence-corrected chi connectivity index (χ3v) is 4.81.